The van der Waals surface area contributed by atoms with Gasteiger partial charge in [-0.25, -0.2) is 0 Å². The van der Waals surface area contributed by atoms with Crippen molar-refractivity contribution in [2.45, 2.75) is 49.2 Å². The molecule has 0 saturated carbocycles. The molecule has 0 aromatic heterocycles. The lowest BCUT2D eigenvalue weighted by Crippen LogP contribution is -2.24. The highest BCUT2D eigenvalue weighted by Crippen LogP contribution is 2.71. The quantitative estimate of drug-likeness (QED) is 0.479. The summed E-state index contributed by atoms with van der Waals surface area (Å²) in [5.41, 5.74) is 8.90. The third kappa shape index (κ3) is 2.83. The van der Waals surface area contributed by atoms with Crippen molar-refractivity contribution in [3.63, 3.8) is 0 Å². The topological polar surface area (TPSA) is 0 Å². The van der Waals surface area contributed by atoms with Crippen molar-refractivity contribution in [2.75, 3.05) is 0 Å². The van der Waals surface area contributed by atoms with Crippen LogP contribution in [0.2, 0.25) is 0 Å². The SMILES string of the molecule is Cc1ccc(C2=C[C@@]3(c4ccc(C)cc4)S[C@H]4[C@@H]2C=C(C(C)(C)C)[C@H]4S3)cc1. The van der Waals surface area contributed by atoms with E-state index in [-0.39, 0.29) is 9.49 Å². The molecule has 0 amide bonds. The molecule has 2 aromatic rings. The second-order valence-corrected chi connectivity index (χ2v) is 12.6. The highest BCUT2D eigenvalue weighted by Gasteiger charge is 2.58. The van der Waals surface area contributed by atoms with Crippen LogP contribution in [-0.2, 0) is 4.08 Å². The lowest BCUT2D eigenvalue weighted by atomic mass is 9.85. The zero-order chi connectivity index (χ0) is 19.7. The summed E-state index contributed by atoms with van der Waals surface area (Å²) in [5.74, 6) is 0.528. The van der Waals surface area contributed by atoms with Crippen molar-refractivity contribution in [3.05, 3.63) is 88.5 Å². The Morgan fingerprint density at radius 3 is 2.04 bits per heavy atom. The molecule has 144 valence electrons. The summed E-state index contributed by atoms with van der Waals surface area (Å²) in [7, 11) is 0. The van der Waals surface area contributed by atoms with Gasteiger partial charge in [0.15, 0.2) is 0 Å². The Kier molecular flexibility index (Phi) is 4.20. The van der Waals surface area contributed by atoms with Crippen molar-refractivity contribution in [1.82, 2.24) is 0 Å². The summed E-state index contributed by atoms with van der Waals surface area (Å²) in [6.07, 6.45) is 5.20. The summed E-state index contributed by atoms with van der Waals surface area (Å²) in [6, 6.07) is 18.4. The fraction of sp³-hybridized carbons (Fsp3) is 0.385. The largest absolute Gasteiger partial charge is 0.129 e. The Morgan fingerprint density at radius 2 is 1.43 bits per heavy atom. The Morgan fingerprint density at radius 1 is 0.821 bits per heavy atom. The van der Waals surface area contributed by atoms with Crippen LogP contribution in [0, 0.1) is 25.2 Å². The number of thioether (sulfide) groups is 2. The molecule has 0 N–H and O–H groups in total. The van der Waals surface area contributed by atoms with Gasteiger partial charge >= 0.3 is 0 Å². The smallest absolute Gasteiger partial charge is 0.106 e. The molecule has 28 heavy (non-hydrogen) atoms. The van der Waals surface area contributed by atoms with Crippen molar-refractivity contribution >= 4 is 29.1 Å². The monoisotopic (exact) mass is 404 g/mol. The van der Waals surface area contributed by atoms with Crippen molar-refractivity contribution in [1.29, 1.82) is 0 Å². The first-order chi connectivity index (χ1) is 13.3. The van der Waals surface area contributed by atoms with Crippen LogP contribution in [0.1, 0.15) is 43.0 Å². The Hall–Kier alpha value is -1.38. The Bertz CT molecular complexity index is 973. The number of allylic oxidation sites excluding steroid dienone is 2. The first-order valence-electron chi connectivity index (χ1n) is 10.2. The maximum Gasteiger partial charge on any atom is 0.106 e. The van der Waals surface area contributed by atoms with Gasteiger partial charge in [-0.1, -0.05) is 92.1 Å². The van der Waals surface area contributed by atoms with Gasteiger partial charge in [-0.05, 0) is 42.0 Å². The van der Waals surface area contributed by atoms with Crippen molar-refractivity contribution < 1.29 is 0 Å². The maximum atomic E-state index is 2.61. The van der Waals surface area contributed by atoms with Crippen LogP contribution in [0.5, 0.6) is 0 Å². The van der Waals surface area contributed by atoms with E-state index in [0.29, 0.717) is 16.4 Å². The number of rotatable bonds is 2. The van der Waals surface area contributed by atoms with Crippen molar-refractivity contribution in [3.8, 4) is 0 Å². The molecule has 0 unspecified atom stereocenters. The summed E-state index contributed by atoms with van der Waals surface area (Å²) in [4.78, 5) is 0. The van der Waals surface area contributed by atoms with Crippen LogP contribution in [0.15, 0.2) is 66.3 Å². The first-order valence-corrected chi connectivity index (χ1v) is 12.0. The van der Waals surface area contributed by atoms with Gasteiger partial charge in [-0.15, -0.1) is 23.5 Å². The lowest BCUT2D eigenvalue weighted by molar-refractivity contribution is 0.494. The van der Waals surface area contributed by atoms with E-state index < -0.39 is 0 Å². The minimum atomic E-state index is 0.0323. The molecule has 2 aromatic carbocycles. The molecule has 2 heterocycles. The molecule has 2 aliphatic heterocycles. The molecular formula is C26H28S2. The van der Waals surface area contributed by atoms with Crippen molar-refractivity contribution in [2.24, 2.45) is 11.3 Å². The summed E-state index contributed by atoms with van der Waals surface area (Å²) < 4.78 is 0.0323. The summed E-state index contributed by atoms with van der Waals surface area (Å²) >= 11 is 4.38. The summed E-state index contributed by atoms with van der Waals surface area (Å²) in [6.45, 7) is 11.5. The molecule has 1 saturated heterocycles. The normalized spacial score (nSPS) is 31.0. The minimum absolute atomic E-state index is 0.0323. The zero-order valence-electron chi connectivity index (χ0n) is 17.3. The predicted octanol–water partition coefficient (Wildman–Crippen LogP) is 7.37. The predicted molar refractivity (Wildman–Crippen MR) is 126 cm³/mol. The minimum Gasteiger partial charge on any atom is -0.129 e. The van der Waals surface area contributed by atoms with Gasteiger partial charge in [0.2, 0.25) is 0 Å². The standard InChI is InChI=1S/C26H28S2/c1-16-6-10-18(11-7-16)21-15-26(19-12-8-17(2)9-13-19)27-23-20(21)14-22(24(23)28-26)25(3,4)5/h6-15,20,23-24H,1-5H3/t20-,23+,24-,26-/m1/s1. The number of aryl methyl sites for hydroxylation is 2. The highest BCUT2D eigenvalue weighted by molar-refractivity contribution is 8.21. The van der Waals surface area contributed by atoms with E-state index in [4.69, 9.17) is 0 Å². The summed E-state index contributed by atoms with van der Waals surface area (Å²) in [5, 5.41) is 1.25. The van der Waals surface area contributed by atoms with Crippen LogP contribution in [-0.4, -0.2) is 10.5 Å². The molecule has 2 bridgehead atoms. The van der Waals surface area contributed by atoms with E-state index in [0.717, 1.165) is 0 Å². The number of hydrogen-bond donors (Lipinski definition) is 0. The highest BCUT2D eigenvalue weighted by atomic mass is 32.2. The van der Waals surface area contributed by atoms with Gasteiger partial charge in [-0.3, -0.25) is 0 Å². The zero-order valence-corrected chi connectivity index (χ0v) is 19.0. The maximum absolute atomic E-state index is 2.61. The fourth-order valence-corrected chi connectivity index (χ4v) is 9.19. The fourth-order valence-electron chi connectivity index (χ4n) is 4.77. The van der Waals surface area contributed by atoms with Gasteiger partial charge in [0.1, 0.15) is 4.08 Å². The number of hydrogen-bond acceptors (Lipinski definition) is 2. The second-order valence-electron chi connectivity index (χ2n) is 9.52. The van der Waals surface area contributed by atoms with E-state index in [1.54, 1.807) is 5.57 Å². The number of fused-ring (bicyclic) bond motifs is 1. The third-order valence-corrected chi connectivity index (χ3v) is 10.1. The Labute approximate surface area is 177 Å². The molecule has 5 rings (SSSR count). The van der Waals surface area contributed by atoms with Crippen LogP contribution < -0.4 is 0 Å². The van der Waals surface area contributed by atoms with Crippen LogP contribution in [0.25, 0.3) is 5.57 Å². The number of benzene rings is 2. The molecule has 1 fully saturated rings. The van der Waals surface area contributed by atoms with E-state index in [2.05, 4.69) is 119 Å². The Balaban J connectivity index is 1.68. The van der Waals surface area contributed by atoms with Gasteiger partial charge in [0.25, 0.3) is 0 Å². The molecule has 0 radical (unpaired) electrons. The van der Waals surface area contributed by atoms with E-state index in [1.165, 1.54) is 27.8 Å². The van der Waals surface area contributed by atoms with Gasteiger partial charge in [0.05, 0.1) is 0 Å². The van der Waals surface area contributed by atoms with Gasteiger partial charge in [-0.2, -0.15) is 0 Å². The van der Waals surface area contributed by atoms with Crippen LogP contribution >= 0.6 is 23.5 Å². The molecular weight excluding hydrogens is 376 g/mol. The average molecular weight is 405 g/mol. The molecule has 0 nitrogen and oxygen atoms in total. The first kappa shape index (κ1) is 18.6. The molecule has 1 aliphatic carbocycles. The molecule has 4 atom stereocenters. The van der Waals surface area contributed by atoms with E-state index in [9.17, 15) is 0 Å². The molecule has 0 spiro atoms. The van der Waals surface area contributed by atoms with Gasteiger partial charge in [0, 0.05) is 16.4 Å². The van der Waals surface area contributed by atoms with E-state index in [1.807, 2.05) is 0 Å². The van der Waals surface area contributed by atoms with E-state index >= 15 is 0 Å². The second kappa shape index (κ2) is 6.31. The third-order valence-electron chi connectivity index (χ3n) is 6.34. The lowest BCUT2D eigenvalue weighted by Gasteiger charge is -2.34. The molecule has 3 aliphatic rings. The van der Waals surface area contributed by atoms with Crippen LogP contribution in [0.4, 0.5) is 0 Å². The average Bonchev–Trinajstić information content (AvgIpc) is 3.14. The molecule has 2 heteroatoms. The van der Waals surface area contributed by atoms with Crippen LogP contribution in [0.3, 0.4) is 0 Å². The van der Waals surface area contributed by atoms with Gasteiger partial charge < -0.3 is 0 Å².